The number of benzene rings is 20. The van der Waals surface area contributed by atoms with E-state index >= 15 is 0 Å². The Hall–Kier alpha value is -11.5. The second kappa shape index (κ2) is 23.4. The van der Waals surface area contributed by atoms with Crippen LogP contribution in [0.1, 0.15) is 128 Å². The summed E-state index contributed by atoms with van der Waals surface area (Å²) in [4.78, 5) is 0. The minimum Gasteiger partial charge on any atom is -0.399 e. The first-order chi connectivity index (χ1) is 54.9. The molecule has 1 saturated heterocycles. The van der Waals surface area contributed by atoms with Gasteiger partial charge >= 0.3 is 7.12 Å². The fraction of sp³-hybridized carbons (Fsp3) is 0.164. The first-order valence-electron chi connectivity index (χ1n) is 40.7. The Morgan fingerprint density at radius 3 is 0.921 bits per heavy atom. The highest BCUT2D eigenvalue weighted by molar-refractivity contribution is 9.10. The van der Waals surface area contributed by atoms with Gasteiger partial charge in [0.25, 0.3) is 0 Å². The molecule has 0 bridgehead atoms. The predicted octanol–water partition coefficient (Wildman–Crippen LogP) is 29.7. The molecule has 2 nitrogen and oxygen atoms in total. The van der Waals surface area contributed by atoms with Crippen molar-refractivity contribution in [3.8, 4) is 55.6 Å². The van der Waals surface area contributed by atoms with Gasteiger partial charge in [0.15, 0.2) is 0 Å². The summed E-state index contributed by atoms with van der Waals surface area (Å²) in [6.07, 6.45) is 0. The number of halogens is 1. The average molecular weight is 1530 g/mol. The summed E-state index contributed by atoms with van der Waals surface area (Å²) in [5.74, 6) is 0. The van der Waals surface area contributed by atoms with Crippen LogP contribution in [0.5, 0.6) is 0 Å². The van der Waals surface area contributed by atoms with Gasteiger partial charge in [0.05, 0.1) is 11.2 Å². The summed E-state index contributed by atoms with van der Waals surface area (Å²) >= 11 is 3.64. The van der Waals surface area contributed by atoms with Crippen LogP contribution in [0.25, 0.3) is 185 Å². The Morgan fingerprint density at radius 2 is 0.500 bits per heavy atom. The summed E-state index contributed by atoms with van der Waals surface area (Å²) in [6, 6.07) is 110. The van der Waals surface area contributed by atoms with Crippen molar-refractivity contribution in [2.24, 2.45) is 0 Å². The van der Waals surface area contributed by atoms with Gasteiger partial charge in [-0.2, -0.15) is 0 Å². The van der Waals surface area contributed by atoms with E-state index in [1.807, 2.05) is 0 Å². The normalized spacial score (nSPS) is 16.4. The van der Waals surface area contributed by atoms with E-state index in [4.69, 9.17) is 9.31 Å². The van der Waals surface area contributed by atoms with Crippen molar-refractivity contribution in [1.82, 2.24) is 0 Å². The molecule has 114 heavy (non-hydrogen) atoms. The van der Waals surface area contributed by atoms with Gasteiger partial charge in [-0.25, -0.2) is 0 Å². The fourth-order valence-corrected chi connectivity index (χ4v) is 22.2. The summed E-state index contributed by atoms with van der Waals surface area (Å²) in [5, 5.41) is 32.0. The lowest BCUT2D eigenvalue weighted by atomic mass is 9.74. The van der Waals surface area contributed by atoms with Gasteiger partial charge in [0.1, 0.15) is 0 Å². The van der Waals surface area contributed by atoms with Crippen molar-refractivity contribution < 1.29 is 9.31 Å². The molecule has 1 aliphatic heterocycles. The Kier molecular flexibility index (Phi) is 14.0. The molecule has 1 heterocycles. The molecule has 546 valence electrons. The minimum absolute atomic E-state index is 0.115. The van der Waals surface area contributed by atoms with Crippen LogP contribution in [0.4, 0.5) is 0 Å². The predicted molar refractivity (Wildman–Crippen MR) is 491 cm³/mol. The third-order valence-corrected chi connectivity index (χ3v) is 29.2. The largest absolute Gasteiger partial charge is 0.494 e. The van der Waals surface area contributed by atoms with E-state index < -0.39 is 0 Å². The molecule has 0 aromatic heterocycles. The fourth-order valence-electron chi connectivity index (χ4n) is 21.7. The van der Waals surface area contributed by atoms with Gasteiger partial charge in [-0.1, -0.05) is 302 Å². The molecule has 0 unspecified atom stereocenters. The zero-order chi connectivity index (χ0) is 77.3. The second-order valence-electron chi connectivity index (χ2n) is 36.5. The first-order valence-corrected chi connectivity index (χ1v) is 41.5. The Labute approximate surface area is 674 Å². The lowest BCUT2D eigenvalue weighted by Crippen LogP contribution is -2.41. The number of rotatable bonds is 2. The van der Waals surface area contributed by atoms with Crippen molar-refractivity contribution in [1.29, 1.82) is 0 Å². The molecule has 20 aromatic rings. The van der Waals surface area contributed by atoms with Crippen molar-refractivity contribution in [3.05, 3.63) is 340 Å². The van der Waals surface area contributed by atoms with Gasteiger partial charge < -0.3 is 9.31 Å². The maximum absolute atomic E-state index is 6.46. The lowest BCUT2D eigenvalue weighted by molar-refractivity contribution is 0.00578. The standard InChI is InChI=1S/C52H36.C42H39BO2.C16H9Br/c1-51(2)45-24-32(33-21-18-31-17-16-29-10-9-11-30-19-23-39(33)50(31)49(29)30)20-22-38(45)43-27-48-44(28-47(43)51)42-25-40-36-14-7-5-12-34(36)35-13-6-8-15-37(35)41(40)26-46(42)52(48,3)4;1-39(2)35-19-24(43-44-41(5,6)42(7,8)45-43)17-18-29(35)33-22-38-34(23-37(33)39)32-20-30-27-15-11-9-13-25(27)26-14-10-12-16-28(26)31(30)21-36(32)40(38,3)4;17-14-9-7-12-5-4-10-2-1-3-11-6-8-13(14)16(12)15(10)11/h5-28H,1-4H3;9-23H,1-8H3;1-9H. The number of fused-ring (bicyclic) bond motifs is 24. The molecule has 0 N–H and O–H groups in total. The Morgan fingerprint density at radius 1 is 0.211 bits per heavy atom. The molecule has 0 saturated carbocycles. The summed E-state index contributed by atoms with van der Waals surface area (Å²) in [6.45, 7) is 27.8. The second-order valence-corrected chi connectivity index (χ2v) is 37.3. The van der Waals surface area contributed by atoms with Crippen LogP contribution in [0.15, 0.2) is 296 Å². The van der Waals surface area contributed by atoms with Crippen LogP contribution in [0.2, 0.25) is 0 Å². The monoisotopic (exact) mass is 1530 g/mol. The first kappa shape index (κ1) is 68.1. The van der Waals surface area contributed by atoms with Crippen LogP contribution in [-0.4, -0.2) is 18.3 Å². The Bertz CT molecular complexity index is 7650. The minimum atomic E-state index is -0.366. The molecule has 0 atom stereocenters. The van der Waals surface area contributed by atoms with E-state index in [9.17, 15) is 0 Å². The molecule has 0 radical (unpaired) electrons. The van der Waals surface area contributed by atoms with E-state index in [2.05, 4.69) is 390 Å². The summed E-state index contributed by atoms with van der Waals surface area (Å²) in [5.41, 5.74) is 24.7. The van der Waals surface area contributed by atoms with Crippen molar-refractivity contribution >= 4 is 158 Å². The summed E-state index contributed by atoms with van der Waals surface area (Å²) in [7, 11) is -0.366. The van der Waals surface area contributed by atoms with E-state index in [-0.39, 0.29) is 40.0 Å². The molecule has 25 rings (SSSR count). The number of hydrogen-bond acceptors (Lipinski definition) is 2. The van der Waals surface area contributed by atoms with Crippen LogP contribution in [-0.2, 0) is 31.0 Å². The highest BCUT2D eigenvalue weighted by Crippen LogP contribution is 2.61. The zero-order valence-electron chi connectivity index (χ0n) is 66.5. The van der Waals surface area contributed by atoms with E-state index in [1.165, 1.54) is 234 Å². The molecular weight excluding hydrogens is 1440 g/mol. The van der Waals surface area contributed by atoms with Crippen molar-refractivity contribution in [2.45, 2.75) is 116 Å². The molecular formula is C110H84BBrO2. The molecule has 0 amide bonds. The van der Waals surface area contributed by atoms with E-state index in [0.29, 0.717) is 0 Å². The topological polar surface area (TPSA) is 18.5 Å². The highest BCUT2D eigenvalue weighted by atomic mass is 79.9. The average Bonchev–Trinajstić information content (AvgIpc) is 1.53. The van der Waals surface area contributed by atoms with Gasteiger partial charge in [-0.05, 0) is 323 Å². The Balaban J connectivity index is 0.000000113. The molecule has 20 aromatic carbocycles. The highest BCUT2D eigenvalue weighted by Gasteiger charge is 2.53. The smallest absolute Gasteiger partial charge is 0.399 e. The summed E-state index contributed by atoms with van der Waals surface area (Å²) < 4.78 is 14.1. The zero-order valence-corrected chi connectivity index (χ0v) is 68.1. The molecule has 1 fully saturated rings. The van der Waals surface area contributed by atoms with E-state index in [0.717, 1.165) is 5.46 Å². The van der Waals surface area contributed by atoms with Crippen molar-refractivity contribution in [2.75, 3.05) is 0 Å². The number of hydrogen-bond donors (Lipinski definition) is 0. The maximum atomic E-state index is 6.46. The van der Waals surface area contributed by atoms with Gasteiger partial charge in [0, 0.05) is 26.1 Å². The van der Waals surface area contributed by atoms with Crippen LogP contribution in [0.3, 0.4) is 0 Å². The van der Waals surface area contributed by atoms with Crippen LogP contribution >= 0.6 is 15.9 Å². The van der Waals surface area contributed by atoms with Crippen LogP contribution < -0.4 is 5.46 Å². The van der Waals surface area contributed by atoms with Gasteiger partial charge in [-0.3, -0.25) is 0 Å². The quantitative estimate of drug-likeness (QED) is 0.127. The van der Waals surface area contributed by atoms with Gasteiger partial charge in [-0.15, -0.1) is 0 Å². The molecule has 4 aliphatic carbocycles. The molecule has 5 aliphatic rings. The SMILES string of the molecule is Brc1ccc2ccc3cccc4ccc1c2c34.CC1(C)c2cc(-c3ccc4ccc5cccc6ccc3c4c56)ccc2-c2cc3c(cc21)-c1cc2c4ccccc4c4ccccc4c2cc1C3(C)C.CC1(C)c2cc(B3OC(C)(C)C(C)(C)O3)ccc2-c2cc3c(cc21)-c1cc2c4ccccc4c4ccccc4c2cc1C3(C)C. The maximum Gasteiger partial charge on any atom is 0.494 e. The lowest BCUT2D eigenvalue weighted by Gasteiger charge is -2.32. The third-order valence-electron chi connectivity index (χ3n) is 28.5. The molecule has 4 heteroatoms. The van der Waals surface area contributed by atoms with Gasteiger partial charge in [0.2, 0.25) is 0 Å². The third kappa shape index (κ3) is 9.28. The van der Waals surface area contributed by atoms with Crippen LogP contribution in [0, 0.1) is 0 Å². The van der Waals surface area contributed by atoms with E-state index in [1.54, 1.807) is 0 Å². The molecule has 0 spiro atoms. The van der Waals surface area contributed by atoms with Crippen molar-refractivity contribution in [3.63, 3.8) is 0 Å².